The fraction of sp³-hybridized carbons (Fsp3) is 0.154. The van der Waals surface area contributed by atoms with E-state index >= 15 is 0 Å². The smallest absolute Gasteiger partial charge is 0.238 e. The van der Waals surface area contributed by atoms with Gasteiger partial charge in [-0.15, -0.1) is 0 Å². The number of hydrogen-bond donors (Lipinski definition) is 0. The average Bonchev–Trinajstić information content (AvgIpc) is 2.52. The lowest BCUT2D eigenvalue weighted by molar-refractivity contribution is 0.851. The Morgan fingerprint density at radius 1 is 0.958 bits per heavy atom. The molecule has 0 aliphatic carbocycles. The highest BCUT2D eigenvalue weighted by Gasteiger charge is 2.34. The molecule has 1 aromatic heterocycles. The maximum atomic E-state index is 9.28. The Labute approximate surface area is 166 Å². The van der Waals surface area contributed by atoms with Crippen molar-refractivity contribution in [1.29, 1.82) is 5.26 Å². The molecule has 24 heavy (non-hydrogen) atoms. The number of rotatable bonds is 1. The number of nitriles is 1. The third-order valence-corrected chi connectivity index (χ3v) is 3.65. The molecule has 0 bridgehead atoms. The molecule has 0 fully saturated rings. The molecule has 0 N–H and O–H groups in total. The first-order chi connectivity index (χ1) is 11.1. The first-order valence-corrected chi connectivity index (χ1v) is 8.15. The third kappa shape index (κ3) is 4.32. The van der Waals surface area contributed by atoms with Gasteiger partial charge in [-0.3, -0.25) is 0 Å². The van der Waals surface area contributed by atoms with Crippen molar-refractivity contribution in [3.8, 4) is 17.5 Å². The van der Waals surface area contributed by atoms with Crippen molar-refractivity contribution in [3.63, 3.8) is 0 Å². The van der Waals surface area contributed by atoms with Crippen molar-refractivity contribution in [2.24, 2.45) is 0 Å². The second kappa shape index (κ2) is 7.06. The van der Waals surface area contributed by atoms with Gasteiger partial charge < -0.3 is 0 Å². The molecule has 5 nitrogen and oxygen atoms in total. The minimum atomic E-state index is -1.99. The summed E-state index contributed by atoms with van der Waals surface area (Å²) in [6.07, 6.45) is 0. The molecule has 0 aliphatic heterocycles. The molecule has 1 aromatic carbocycles. The van der Waals surface area contributed by atoms with Crippen molar-refractivity contribution in [2.75, 3.05) is 0 Å². The van der Waals surface area contributed by atoms with Crippen molar-refractivity contribution in [1.82, 2.24) is 15.0 Å². The molecule has 0 amide bonds. The van der Waals surface area contributed by atoms with E-state index < -0.39 is 7.59 Å². The Bertz CT molecular complexity index is 840. The van der Waals surface area contributed by atoms with Crippen molar-refractivity contribution in [3.05, 3.63) is 46.8 Å². The van der Waals surface area contributed by atoms with Crippen molar-refractivity contribution in [2.45, 2.75) is 7.59 Å². The molecule has 11 heteroatoms. The van der Waals surface area contributed by atoms with Gasteiger partial charge >= 0.3 is 0 Å². The predicted molar refractivity (Wildman–Crippen MR) is 94.7 cm³/mol. The number of nitrogens with zero attached hydrogens (tertiary/aromatic N) is 5. The normalized spacial score (nSPS) is 11.7. The van der Waals surface area contributed by atoms with E-state index in [4.69, 9.17) is 76.2 Å². The van der Waals surface area contributed by atoms with Gasteiger partial charge in [-0.25, -0.2) is 19.8 Å². The first kappa shape index (κ1) is 19.3. The summed E-state index contributed by atoms with van der Waals surface area (Å²) in [7, 11) is 0. The van der Waals surface area contributed by atoms with Gasteiger partial charge in [-0.05, 0) is 6.07 Å². The van der Waals surface area contributed by atoms with E-state index in [1.54, 1.807) is 0 Å². The molecule has 1 heterocycles. The van der Waals surface area contributed by atoms with Gasteiger partial charge in [-0.2, -0.15) is 5.26 Å². The largest absolute Gasteiger partial charge is 0.250 e. The summed E-state index contributed by atoms with van der Waals surface area (Å²) < 4.78 is -3.99. The van der Waals surface area contributed by atoms with E-state index in [9.17, 15) is 5.26 Å². The molecular weight excluding hydrogens is 439 g/mol. The van der Waals surface area contributed by atoms with E-state index in [2.05, 4.69) is 19.8 Å². The summed E-state index contributed by atoms with van der Waals surface area (Å²) in [5, 5.41) is 9.28. The molecule has 0 saturated carbocycles. The highest BCUT2D eigenvalue weighted by atomic mass is 35.6. The number of aromatic nitrogens is 3. The molecule has 0 saturated heterocycles. The second-order valence-corrected chi connectivity index (χ2v) is 8.82. The fourth-order valence-electron chi connectivity index (χ4n) is 1.64. The van der Waals surface area contributed by atoms with Crippen LogP contribution in [-0.4, -0.2) is 15.0 Å². The third-order valence-electron chi connectivity index (χ3n) is 2.64. The monoisotopic (exact) mass is 439 g/mol. The SMILES string of the molecule is [C-]#[N+]c1ccc(-c2nc(C(Cl)(Cl)Cl)nc(C(Cl)(Cl)Cl)n2)c(C#N)c1. The quantitative estimate of drug-likeness (QED) is 0.426. The van der Waals surface area contributed by atoms with E-state index in [-0.39, 0.29) is 34.3 Å². The van der Waals surface area contributed by atoms with Crippen molar-refractivity contribution < 1.29 is 0 Å². The molecular formula is C13H3Cl6N5. The Morgan fingerprint density at radius 2 is 1.50 bits per heavy atom. The summed E-state index contributed by atoms with van der Waals surface area (Å²) in [5.74, 6) is -0.560. The molecule has 0 aliphatic rings. The lowest BCUT2D eigenvalue weighted by Gasteiger charge is -2.16. The van der Waals surface area contributed by atoms with Gasteiger partial charge in [0.1, 0.15) is 0 Å². The van der Waals surface area contributed by atoms with Gasteiger partial charge in [0.2, 0.25) is 7.59 Å². The zero-order chi connectivity index (χ0) is 18.1. The zero-order valence-corrected chi connectivity index (χ0v) is 15.8. The Kier molecular flexibility index (Phi) is 5.67. The summed E-state index contributed by atoms with van der Waals surface area (Å²) in [6, 6.07) is 6.28. The summed E-state index contributed by atoms with van der Waals surface area (Å²) >= 11 is 34.8. The predicted octanol–water partition coefficient (Wildman–Crippen LogP) is 5.61. The number of benzene rings is 1. The van der Waals surface area contributed by atoms with E-state index in [1.807, 2.05) is 6.07 Å². The van der Waals surface area contributed by atoms with Crippen LogP contribution in [0, 0.1) is 17.9 Å². The van der Waals surface area contributed by atoms with Crippen LogP contribution in [0.2, 0.25) is 0 Å². The Balaban J connectivity index is 2.76. The molecule has 0 radical (unpaired) electrons. The van der Waals surface area contributed by atoms with Crippen LogP contribution in [-0.2, 0) is 7.59 Å². The van der Waals surface area contributed by atoms with Crippen LogP contribution in [0.4, 0.5) is 5.69 Å². The van der Waals surface area contributed by atoms with Crippen LogP contribution in [0.3, 0.4) is 0 Å². The first-order valence-electron chi connectivity index (χ1n) is 5.88. The molecule has 122 valence electrons. The molecule has 0 spiro atoms. The lowest BCUT2D eigenvalue weighted by Crippen LogP contribution is -2.17. The summed E-state index contributed by atoms with van der Waals surface area (Å²) in [5.41, 5.74) is 0.686. The van der Waals surface area contributed by atoms with Crippen LogP contribution < -0.4 is 0 Å². The van der Waals surface area contributed by atoms with Crippen LogP contribution in [0.25, 0.3) is 16.2 Å². The van der Waals surface area contributed by atoms with Gasteiger partial charge in [0, 0.05) is 5.56 Å². The average molecular weight is 442 g/mol. The van der Waals surface area contributed by atoms with E-state index in [1.165, 1.54) is 18.2 Å². The van der Waals surface area contributed by atoms with Gasteiger partial charge in [0.15, 0.2) is 23.2 Å². The maximum Gasteiger partial charge on any atom is 0.250 e. The van der Waals surface area contributed by atoms with Gasteiger partial charge in [-0.1, -0.05) is 81.7 Å². The molecule has 2 aromatic rings. The number of alkyl halides is 6. The molecule has 0 atom stereocenters. The summed E-state index contributed by atoms with van der Waals surface area (Å²) in [6.45, 7) is 6.99. The van der Waals surface area contributed by atoms with E-state index in [0.717, 1.165) is 0 Å². The number of hydrogen-bond acceptors (Lipinski definition) is 4. The van der Waals surface area contributed by atoms with Gasteiger partial charge in [0.05, 0.1) is 18.2 Å². The standard InChI is InChI=1S/C13H3Cl6N5/c1-21-7-2-3-8(6(4-7)5-20)9-22-10(12(14,15)16)24-11(23-9)13(17,18)19/h2-4H. The molecule has 2 rings (SSSR count). The minimum absolute atomic E-state index is 0.0271. The topological polar surface area (TPSA) is 66.8 Å². The highest BCUT2D eigenvalue weighted by Crippen LogP contribution is 2.41. The minimum Gasteiger partial charge on any atom is -0.238 e. The van der Waals surface area contributed by atoms with Crippen LogP contribution in [0.1, 0.15) is 17.2 Å². The highest BCUT2D eigenvalue weighted by molar-refractivity contribution is 6.67. The Hall–Kier alpha value is -1.05. The van der Waals surface area contributed by atoms with Gasteiger partial charge in [0.25, 0.3) is 0 Å². The lowest BCUT2D eigenvalue weighted by atomic mass is 10.1. The number of halogens is 6. The van der Waals surface area contributed by atoms with Crippen LogP contribution >= 0.6 is 69.6 Å². The van der Waals surface area contributed by atoms with Crippen LogP contribution in [0.15, 0.2) is 18.2 Å². The van der Waals surface area contributed by atoms with Crippen molar-refractivity contribution >= 4 is 75.3 Å². The fourth-order valence-corrected chi connectivity index (χ4v) is 2.15. The second-order valence-electron chi connectivity index (χ2n) is 4.26. The zero-order valence-electron chi connectivity index (χ0n) is 11.2. The Morgan fingerprint density at radius 3 is 1.92 bits per heavy atom. The van der Waals surface area contributed by atoms with E-state index in [0.29, 0.717) is 0 Å². The van der Waals surface area contributed by atoms with Crippen LogP contribution in [0.5, 0.6) is 0 Å². The summed E-state index contributed by atoms with van der Waals surface area (Å²) in [4.78, 5) is 15.2. The molecule has 0 unspecified atom stereocenters. The maximum absolute atomic E-state index is 9.28.